The van der Waals surface area contributed by atoms with Gasteiger partial charge in [0.2, 0.25) is 5.95 Å². The van der Waals surface area contributed by atoms with Gasteiger partial charge in [-0.2, -0.15) is 0 Å². The van der Waals surface area contributed by atoms with Crippen LogP contribution in [0.2, 0.25) is 0 Å². The Morgan fingerprint density at radius 2 is 2.05 bits per heavy atom. The molecule has 1 aromatic carbocycles. The summed E-state index contributed by atoms with van der Waals surface area (Å²) in [5.41, 5.74) is 10.0. The van der Waals surface area contributed by atoms with Crippen molar-refractivity contribution < 1.29 is 0 Å². The lowest BCUT2D eigenvalue weighted by Crippen LogP contribution is -2.23. The van der Waals surface area contributed by atoms with E-state index in [1.165, 1.54) is 43.2 Å². The summed E-state index contributed by atoms with van der Waals surface area (Å²) in [6, 6.07) is 6.43. The van der Waals surface area contributed by atoms with E-state index in [0.29, 0.717) is 11.4 Å². The summed E-state index contributed by atoms with van der Waals surface area (Å²) in [7, 11) is 0. The van der Waals surface area contributed by atoms with Crippen molar-refractivity contribution in [2.45, 2.75) is 52.5 Å². The van der Waals surface area contributed by atoms with Gasteiger partial charge in [0.05, 0.1) is 11.0 Å². The smallest absolute Gasteiger partial charge is 0.201 e. The highest BCUT2D eigenvalue weighted by molar-refractivity contribution is 5.79. The molecule has 3 rings (SSSR count). The van der Waals surface area contributed by atoms with Gasteiger partial charge in [-0.15, -0.1) is 0 Å². The average Bonchev–Trinajstić information content (AvgIpc) is 2.96. The monoisotopic (exact) mass is 257 g/mol. The van der Waals surface area contributed by atoms with Crippen molar-refractivity contribution in [2.75, 3.05) is 5.73 Å². The van der Waals surface area contributed by atoms with Gasteiger partial charge < -0.3 is 10.3 Å². The topological polar surface area (TPSA) is 43.8 Å². The number of fused-ring (bicyclic) bond motifs is 1. The van der Waals surface area contributed by atoms with Gasteiger partial charge in [0, 0.05) is 6.54 Å². The molecule has 0 bridgehead atoms. The van der Waals surface area contributed by atoms with E-state index in [1.807, 2.05) is 0 Å². The molecule has 0 amide bonds. The van der Waals surface area contributed by atoms with Crippen LogP contribution < -0.4 is 5.73 Å². The third-order valence-corrected chi connectivity index (χ3v) is 4.84. The molecule has 1 heterocycles. The number of rotatable bonds is 3. The highest BCUT2D eigenvalue weighted by atomic mass is 15.2. The fourth-order valence-electron chi connectivity index (χ4n) is 3.51. The van der Waals surface area contributed by atoms with Gasteiger partial charge in [0.25, 0.3) is 0 Å². The van der Waals surface area contributed by atoms with Gasteiger partial charge in [-0.25, -0.2) is 4.98 Å². The summed E-state index contributed by atoms with van der Waals surface area (Å²) in [5.74, 6) is 0.667. The Kier molecular flexibility index (Phi) is 3.00. The second-order valence-corrected chi connectivity index (χ2v) is 6.11. The molecule has 2 aromatic rings. The molecular weight excluding hydrogens is 234 g/mol. The minimum absolute atomic E-state index is 0.437. The Morgan fingerprint density at radius 1 is 1.32 bits per heavy atom. The number of nitrogens with two attached hydrogens (primary N) is 1. The summed E-state index contributed by atoms with van der Waals surface area (Å²) in [6.07, 6.45) is 6.61. The number of benzene rings is 1. The van der Waals surface area contributed by atoms with Crippen LogP contribution in [0.3, 0.4) is 0 Å². The van der Waals surface area contributed by atoms with E-state index in [2.05, 4.69) is 41.6 Å². The first-order valence-electron chi connectivity index (χ1n) is 7.36. The van der Waals surface area contributed by atoms with Crippen LogP contribution in [0.4, 0.5) is 5.95 Å². The summed E-state index contributed by atoms with van der Waals surface area (Å²) in [5, 5.41) is 0. The van der Waals surface area contributed by atoms with Crippen LogP contribution in [-0.4, -0.2) is 9.55 Å². The van der Waals surface area contributed by atoms with Crippen LogP contribution >= 0.6 is 0 Å². The average molecular weight is 257 g/mol. The minimum atomic E-state index is 0.437. The molecule has 0 atom stereocenters. The Hall–Kier alpha value is -1.51. The lowest BCUT2D eigenvalue weighted by molar-refractivity contribution is 0.242. The van der Waals surface area contributed by atoms with Crippen LogP contribution in [0.25, 0.3) is 11.0 Å². The van der Waals surface area contributed by atoms with E-state index < -0.39 is 0 Å². The molecule has 102 valence electrons. The maximum absolute atomic E-state index is 6.15. The van der Waals surface area contributed by atoms with Crippen molar-refractivity contribution in [3.8, 4) is 0 Å². The molecule has 19 heavy (non-hydrogen) atoms. The predicted molar refractivity (Wildman–Crippen MR) is 80.1 cm³/mol. The van der Waals surface area contributed by atoms with Crippen molar-refractivity contribution in [3.05, 3.63) is 23.8 Å². The zero-order valence-corrected chi connectivity index (χ0v) is 11.9. The van der Waals surface area contributed by atoms with E-state index in [-0.39, 0.29) is 0 Å². The normalized spacial score (nSPS) is 18.2. The number of nitrogens with zero attached hydrogens (tertiary/aromatic N) is 2. The predicted octanol–water partition coefficient (Wildman–Crippen LogP) is 3.90. The van der Waals surface area contributed by atoms with Gasteiger partial charge >= 0.3 is 0 Å². The molecule has 1 saturated carbocycles. The summed E-state index contributed by atoms with van der Waals surface area (Å²) < 4.78 is 2.23. The van der Waals surface area contributed by atoms with E-state index >= 15 is 0 Å². The molecule has 3 nitrogen and oxygen atoms in total. The van der Waals surface area contributed by atoms with Gasteiger partial charge in [0.1, 0.15) is 0 Å². The third-order valence-electron chi connectivity index (χ3n) is 4.84. The highest BCUT2D eigenvalue weighted by Crippen LogP contribution is 2.43. The zero-order chi connectivity index (χ0) is 13.5. The zero-order valence-electron chi connectivity index (χ0n) is 11.9. The molecule has 0 radical (unpaired) electrons. The summed E-state index contributed by atoms with van der Waals surface area (Å²) in [6.45, 7) is 5.43. The van der Waals surface area contributed by atoms with Crippen molar-refractivity contribution >= 4 is 17.0 Å². The second-order valence-electron chi connectivity index (χ2n) is 6.11. The Balaban J connectivity index is 2.02. The van der Waals surface area contributed by atoms with Crippen molar-refractivity contribution in [3.63, 3.8) is 0 Å². The molecule has 0 unspecified atom stereocenters. The highest BCUT2D eigenvalue weighted by Gasteiger charge is 2.33. The standard InChI is InChI=1S/C16H23N3/c1-3-16(8-4-5-9-16)11-19-14-7-6-12(2)10-13(14)18-15(19)17/h6-7,10H,3-5,8-9,11H2,1-2H3,(H2,17,18). The number of hydrogen-bond acceptors (Lipinski definition) is 2. The number of imidazole rings is 1. The van der Waals surface area contributed by atoms with Crippen molar-refractivity contribution in [1.29, 1.82) is 0 Å². The fourth-order valence-corrected chi connectivity index (χ4v) is 3.51. The molecule has 0 aliphatic heterocycles. The number of anilines is 1. The second kappa shape index (κ2) is 4.55. The molecule has 0 spiro atoms. The van der Waals surface area contributed by atoms with Crippen molar-refractivity contribution in [2.24, 2.45) is 5.41 Å². The van der Waals surface area contributed by atoms with Crippen LogP contribution in [-0.2, 0) is 6.54 Å². The largest absolute Gasteiger partial charge is 0.369 e. The maximum atomic E-state index is 6.15. The SMILES string of the molecule is CCC1(Cn2c(N)nc3cc(C)ccc32)CCCC1. The van der Waals surface area contributed by atoms with Crippen LogP contribution in [0, 0.1) is 12.3 Å². The molecule has 2 N–H and O–H groups in total. The fraction of sp³-hybridized carbons (Fsp3) is 0.562. The first-order valence-corrected chi connectivity index (χ1v) is 7.36. The Morgan fingerprint density at radius 3 is 2.74 bits per heavy atom. The molecule has 3 heteroatoms. The van der Waals surface area contributed by atoms with E-state index in [9.17, 15) is 0 Å². The van der Waals surface area contributed by atoms with Crippen LogP contribution in [0.15, 0.2) is 18.2 Å². The molecule has 1 aliphatic carbocycles. The number of nitrogen functional groups attached to an aromatic ring is 1. The first kappa shape index (κ1) is 12.5. The number of aryl methyl sites for hydroxylation is 1. The molecule has 1 fully saturated rings. The Bertz CT molecular complexity index is 591. The van der Waals surface area contributed by atoms with Gasteiger partial charge in [-0.1, -0.05) is 25.8 Å². The minimum Gasteiger partial charge on any atom is -0.369 e. The van der Waals surface area contributed by atoms with Crippen molar-refractivity contribution in [1.82, 2.24) is 9.55 Å². The van der Waals surface area contributed by atoms with Gasteiger partial charge in [0.15, 0.2) is 0 Å². The lowest BCUT2D eigenvalue weighted by atomic mass is 9.83. The van der Waals surface area contributed by atoms with Gasteiger partial charge in [-0.3, -0.25) is 0 Å². The number of hydrogen-bond donors (Lipinski definition) is 1. The van der Waals surface area contributed by atoms with Crippen LogP contribution in [0.5, 0.6) is 0 Å². The Labute approximate surface area is 114 Å². The molecule has 1 aliphatic rings. The molecular formula is C16H23N3. The molecule has 1 aromatic heterocycles. The summed E-state index contributed by atoms with van der Waals surface area (Å²) in [4.78, 5) is 4.52. The number of aromatic nitrogens is 2. The first-order chi connectivity index (χ1) is 9.13. The van der Waals surface area contributed by atoms with Gasteiger partial charge in [-0.05, 0) is 49.3 Å². The van der Waals surface area contributed by atoms with E-state index in [1.54, 1.807) is 0 Å². The molecule has 0 saturated heterocycles. The summed E-state index contributed by atoms with van der Waals surface area (Å²) >= 11 is 0. The lowest BCUT2D eigenvalue weighted by Gasteiger charge is -2.28. The quantitative estimate of drug-likeness (QED) is 0.906. The van der Waals surface area contributed by atoms with Crippen LogP contribution in [0.1, 0.15) is 44.6 Å². The third kappa shape index (κ3) is 2.11. The maximum Gasteiger partial charge on any atom is 0.201 e. The van der Waals surface area contributed by atoms with E-state index in [0.717, 1.165) is 12.1 Å². The van der Waals surface area contributed by atoms with E-state index in [4.69, 9.17) is 5.73 Å².